The lowest BCUT2D eigenvalue weighted by Gasteiger charge is -2.22. The molecule has 35 heavy (non-hydrogen) atoms. The second-order valence-electron chi connectivity index (χ2n) is 9.24. The van der Waals surface area contributed by atoms with Gasteiger partial charge in [-0.05, 0) is 76.3 Å². The number of hydrogen-bond donors (Lipinski definition) is 2. The number of benzene rings is 1. The zero-order valence-electron chi connectivity index (χ0n) is 22.5. The highest BCUT2D eigenvalue weighted by Gasteiger charge is 2.19. The fraction of sp³-hybridized carbons (Fsp3) is 0.517. The van der Waals surface area contributed by atoms with E-state index in [0.717, 1.165) is 91.9 Å². The Morgan fingerprint density at radius 3 is 2.46 bits per heavy atom. The predicted molar refractivity (Wildman–Crippen MR) is 150 cm³/mol. The molecule has 0 radical (unpaired) electrons. The Bertz CT molecular complexity index is 1200. The molecule has 0 bridgehead atoms. The van der Waals surface area contributed by atoms with Gasteiger partial charge in [0.05, 0.1) is 11.4 Å². The molecule has 0 unspecified atom stereocenters. The second-order valence-corrected chi connectivity index (χ2v) is 9.24. The van der Waals surface area contributed by atoms with E-state index in [1.165, 1.54) is 5.69 Å². The predicted octanol–water partition coefficient (Wildman–Crippen LogP) is 7.03. The Morgan fingerprint density at radius 2 is 1.83 bits per heavy atom. The molecular weight excluding hydrogens is 434 g/mol. The zero-order valence-corrected chi connectivity index (χ0v) is 22.5. The van der Waals surface area contributed by atoms with Crippen LogP contribution in [0.2, 0.25) is 0 Å². The van der Waals surface area contributed by atoms with Gasteiger partial charge in [-0.2, -0.15) is 4.52 Å². The normalized spacial score (nSPS) is 11.6. The molecule has 0 atom stereocenters. The number of nitrogens with zero attached hydrogens (tertiary/aromatic N) is 3. The summed E-state index contributed by atoms with van der Waals surface area (Å²) in [5.41, 5.74) is 7.62. The summed E-state index contributed by atoms with van der Waals surface area (Å²) < 4.78 is 1.64. The van der Waals surface area contributed by atoms with Gasteiger partial charge in [0.25, 0.3) is 5.56 Å². The van der Waals surface area contributed by atoms with Crippen molar-refractivity contribution < 1.29 is 0 Å². The quantitative estimate of drug-likeness (QED) is 0.277. The molecule has 0 fully saturated rings. The number of aromatic amines is 1. The Labute approximate surface area is 210 Å². The van der Waals surface area contributed by atoms with E-state index >= 15 is 0 Å². The van der Waals surface area contributed by atoms with Gasteiger partial charge in [0.15, 0.2) is 5.65 Å². The molecule has 0 aliphatic heterocycles. The third-order valence-electron chi connectivity index (χ3n) is 6.59. The lowest BCUT2D eigenvalue weighted by Crippen LogP contribution is -2.23. The van der Waals surface area contributed by atoms with Crippen molar-refractivity contribution in [1.29, 1.82) is 0 Å². The molecule has 6 nitrogen and oxygen atoms in total. The summed E-state index contributed by atoms with van der Waals surface area (Å²) in [4.78, 5) is 21.0. The van der Waals surface area contributed by atoms with Crippen LogP contribution in [0.4, 0.5) is 17.1 Å². The standard InChI is InChI=1S/C29H43N5O/c1-7-12-14-17-26-27(30-24-19-18-22(20-21(24)6)33(10-4)11-5)28-31-25(15-9-3)23(16-13-8-2)29(35)34(28)32-26/h14,17-20,30,32H,7-13,15-16H2,1-6H3. The Balaban J connectivity index is 2.15. The SMILES string of the molecule is CCCC=Cc1[nH]n2c(=O)c(CCCC)c(CCC)nc2c1Nc1ccc(N(CC)CC)cc1C. The van der Waals surface area contributed by atoms with Crippen LogP contribution in [0.25, 0.3) is 11.7 Å². The van der Waals surface area contributed by atoms with E-state index in [4.69, 9.17) is 4.98 Å². The molecule has 0 aliphatic carbocycles. The first-order chi connectivity index (χ1) is 17.0. The number of allylic oxidation sites excluding steroid dienone is 1. The van der Waals surface area contributed by atoms with Crippen molar-refractivity contribution in [3.8, 4) is 0 Å². The zero-order chi connectivity index (χ0) is 25.4. The summed E-state index contributed by atoms with van der Waals surface area (Å²) >= 11 is 0. The highest BCUT2D eigenvalue weighted by molar-refractivity contribution is 5.83. The third-order valence-corrected chi connectivity index (χ3v) is 6.59. The van der Waals surface area contributed by atoms with Crippen molar-refractivity contribution in [3.05, 3.63) is 57.1 Å². The van der Waals surface area contributed by atoms with Crippen LogP contribution in [-0.4, -0.2) is 27.7 Å². The molecule has 0 saturated carbocycles. The highest BCUT2D eigenvalue weighted by atomic mass is 16.1. The smallest absolute Gasteiger partial charge is 0.276 e. The monoisotopic (exact) mass is 477 g/mol. The van der Waals surface area contributed by atoms with Crippen LogP contribution in [0.3, 0.4) is 0 Å². The minimum Gasteiger partial charge on any atom is -0.372 e. The van der Waals surface area contributed by atoms with E-state index in [0.29, 0.717) is 5.65 Å². The van der Waals surface area contributed by atoms with Crippen molar-refractivity contribution in [2.24, 2.45) is 0 Å². The second kappa shape index (κ2) is 12.6. The molecule has 190 valence electrons. The van der Waals surface area contributed by atoms with E-state index in [1.54, 1.807) is 4.52 Å². The molecule has 1 aromatic carbocycles. The van der Waals surface area contributed by atoms with Crippen molar-refractivity contribution in [2.75, 3.05) is 23.3 Å². The summed E-state index contributed by atoms with van der Waals surface area (Å²) in [6, 6.07) is 6.52. The third kappa shape index (κ3) is 5.98. The maximum Gasteiger partial charge on any atom is 0.276 e. The fourth-order valence-electron chi connectivity index (χ4n) is 4.54. The molecule has 2 N–H and O–H groups in total. The maximum atomic E-state index is 13.6. The van der Waals surface area contributed by atoms with Gasteiger partial charge in [-0.25, -0.2) is 4.98 Å². The molecule has 2 aromatic heterocycles. The number of H-pyrrole nitrogens is 1. The average Bonchev–Trinajstić information content (AvgIpc) is 3.19. The van der Waals surface area contributed by atoms with Crippen LogP contribution in [0.15, 0.2) is 29.1 Å². The molecule has 3 aromatic rings. The van der Waals surface area contributed by atoms with Crippen LogP contribution in [0.1, 0.15) is 89.2 Å². The number of rotatable bonds is 13. The van der Waals surface area contributed by atoms with Gasteiger partial charge in [0.2, 0.25) is 0 Å². The molecule has 0 aliphatic rings. The number of hydrogen-bond acceptors (Lipinski definition) is 4. The number of nitrogens with one attached hydrogen (secondary N) is 2. The van der Waals surface area contributed by atoms with Gasteiger partial charge in [0.1, 0.15) is 5.69 Å². The van der Waals surface area contributed by atoms with Crippen molar-refractivity contribution in [2.45, 2.75) is 86.5 Å². The van der Waals surface area contributed by atoms with E-state index < -0.39 is 0 Å². The molecule has 0 spiro atoms. The van der Waals surface area contributed by atoms with Crippen LogP contribution in [0, 0.1) is 6.92 Å². The fourth-order valence-corrected chi connectivity index (χ4v) is 4.54. The summed E-state index contributed by atoms with van der Waals surface area (Å²) in [7, 11) is 0. The lowest BCUT2D eigenvalue weighted by atomic mass is 10.1. The molecule has 3 rings (SSSR count). The Kier molecular flexibility index (Phi) is 9.58. The van der Waals surface area contributed by atoms with Gasteiger partial charge in [0, 0.05) is 30.0 Å². The average molecular weight is 478 g/mol. The van der Waals surface area contributed by atoms with E-state index in [2.05, 4.69) is 87.2 Å². The Hall–Kier alpha value is -3.02. The van der Waals surface area contributed by atoms with Gasteiger partial charge >= 0.3 is 0 Å². The number of aromatic nitrogens is 3. The van der Waals surface area contributed by atoms with E-state index in [9.17, 15) is 4.79 Å². The van der Waals surface area contributed by atoms with Crippen LogP contribution >= 0.6 is 0 Å². The van der Waals surface area contributed by atoms with Crippen molar-refractivity contribution in [1.82, 2.24) is 14.6 Å². The van der Waals surface area contributed by atoms with Gasteiger partial charge in [-0.3, -0.25) is 9.89 Å². The minimum atomic E-state index is 0.0266. The Morgan fingerprint density at radius 1 is 1.06 bits per heavy atom. The van der Waals surface area contributed by atoms with Crippen molar-refractivity contribution in [3.63, 3.8) is 0 Å². The molecule has 2 heterocycles. The first kappa shape index (κ1) is 26.6. The number of anilines is 3. The number of aryl methyl sites for hydroxylation is 2. The summed E-state index contributed by atoms with van der Waals surface area (Å²) in [5, 5.41) is 6.98. The summed E-state index contributed by atoms with van der Waals surface area (Å²) in [6.45, 7) is 14.9. The maximum absolute atomic E-state index is 13.6. The highest BCUT2D eigenvalue weighted by Crippen LogP contribution is 2.30. The minimum absolute atomic E-state index is 0.0266. The van der Waals surface area contributed by atoms with Gasteiger partial charge in [-0.1, -0.05) is 46.1 Å². The van der Waals surface area contributed by atoms with Gasteiger partial charge < -0.3 is 10.2 Å². The van der Waals surface area contributed by atoms with Crippen molar-refractivity contribution >= 4 is 28.8 Å². The van der Waals surface area contributed by atoms with Gasteiger partial charge in [-0.15, -0.1) is 0 Å². The molecular formula is C29H43N5O. The van der Waals surface area contributed by atoms with Crippen LogP contribution in [0.5, 0.6) is 0 Å². The molecule has 0 amide bonds. The van der Waals surface area contributed by atoms with E-state index in [-0.39, 0.29) is 5.56 Å². The first-order valence-corrected chi connectivity index (χ1v) is 13.4. The van der Waals surface area contributed by atoms with Crippen LogP contribution < -0.4 is 15.8 Å². The lowest BCUT2D eigenvalue weighted by molar-refractivity contribution is 0.739. The largest absolute Gasteiger partial charge is 0.372 e. The summed E-state index contributed by atoms with van der Waals surface area (Å²) in [6.07, 6.45) is 10.9. The molecule has 0 saturated heterocycles. The topological polar surface area (TPSA) is 65.4 Å². The molecule has 6 heteroatoms. The van der Waals surface area contributed by atoms with E-state index in [1.807, 2.05) is 0 Å². The summed E-state index contributed by atoms with van der Waals surface area (Å²) in [5.74, 6) is 0. The van der Waals surface area contributed by atoms with Crippen LogP contribution in [-0.2, 0) is 12.8 Å². The number of unbranched alkanes of at least 4 members (excludes halogenated alkanes) is 2. The first-order valence-electron chi connectivity index (χ1n) is 13.4. The number of fused-ring (bicyclic) bond motifs is 1.